The van der Waals surface area contributed by atoms with Gasteiger partial charge in [-0.2, -0.15) is 0 Å². The van der Waals surface area contributed by atoms with Gasteiger partial charge in [-0.05, 0) is 45.8 Å². The third-order valence-electron chi connectivity index (χ3n) is 7.36. The highest BCUT2D eigenvalue weighted by atomic mass is 35.5. The Bertz CT molecular complexity index is 2240. The van der Waals surface area contributed by atoms with Gasteiger partial charge in [0.2, 0.25) is 0 Å². The highest BCUT2D eigenvalue weighted by Gasteiger charge is 2.19. The fraction of sp³-hybridized carbons (Fsp3) is 0. The molecule has 0 amide bonds. The maximum absolute atomic E-state index is 6.33. The van der Waals surface area contributed by atoms with Crippen molar-refractivity contribution in [3.8, 4) is 34.2 Å². The number of hydrogen-bond donors (Lipinski definition) is 0. The second-order valence-electron chi connectivity index (χ2n) is 9.82. The molecule has 0 fully saturated rings. The lowest BCUT2D eigenvalue weighted by atomic mass is 9.98. The van der Waals surface area contributed by atoms with Crippen LogP contribution in [0.4, 0.5) is 0 Å². The summed E-state index contributed by atoms with van der Waals surface area (Å²) < 4.78 is 6.33. The molecule has 0 bridgehead atoms. The lowest BCUT2D eigenvalue weighted by molar-refractivity contribution is 0.669. The minimum absolute atomic E-state index is 0.591. The van der Waals surface area contributed by atoms with Crippen molar-refractivity contribution in [2.75, 3.05) is 0 Å². The minimum atomic E-state index is 0.591. The highest BCUT2D eigenvalue weighted by molar-refractivity contribution is 6.32. The van der Waals surface area contributed by atoms with E-state index >= 15 is 0 Å². The zero-order valence-electron chi connectivity index (χ0n) is 21.2. The van der Waals surface area contributed by atoms with Crippen molar-refractivity contribution in [2.45, 2.75) is 0 Å². The van der Waals surface area contributed by atoms with Crippen LogP contribution >= 0.6 is 11.6 Å². The summed E-state index contributed by atoms with van der Waals surface area (Å²) in [7, 11) is 0. The van der Waals surface area contributed by atoms with Crippen molar-refractivity contribution >= 4 is 55.1 Å². The van der Waals surface area contributed by atoms with Crippen LogP contribution in [0.15, 0.2) is 126 Å². The van der Waals surface area contributed by atoms with Crippen LogP contribution in [0.5, 0.6) is 0 Å². The minimum Gasteiger partial charge on any atom is -0.456 e. The first-order chi connectivity index (χ1) is 19.7. The summed E-state index contributed by atoms with van der Waals surface area (Å²) in [5, 5.41) is 7.15. The fourth-order valence-corrected chi connectivity index (χ4v) is 5.63. The predicted molar refractivity (Wildman–Crippen MR) is 163 cm³/mol. The molecule has 0 aliphatic rings. The van der Waals surface area contributed by atoms with E-state index in [-0.39, 0.29) is 0 Å². The van der Waals surface area contributed by atoms with E-state index in [9.17, 15) is 0 Å². The standard InChI is InChI=1S/C35H20ClN3O/c36-25-16-17-28-30(19-25)40-31-20-29(26-12-6-7-13-27(26)32(28)31)35-38-33(22-9-2-1-3-10-22)37-34(39-35)24-15-14-21-8-4-5-11-23(21)18-24/h1-20H. The van der Waals surface area contributed by atoms with E-state index in [4.69, 9.17) is 31.0 Å². The first-order valence-corrected chi connectivity index (χ1v) is 13.4. The van der Waals surface area contributed by atoms with Gasteiger partial charge in [-0.15, -0.1) is 0 Å². The molecular weight excluding hydrogens is 514 g/mol. The van der Waals surface area contributed by atoms with Gasteiger partial charge in [-0.1, -0.05) is 103 Å². The number of aromatic nitrogens is 3. The molecule has 0 aliphatic carbocycles. The van der Waals surface area contributed by atoms with Crippen molar-refractivity contribution in [3.63, 3.8) is 0 Å². The Morgan fingerprint density at radius 3 is 2.02 bits per heavy atom. The van der Waals surface area contributed by atoms with Crippen molar-refractivity contribution in [2.24, 2.45) is 0 Å². The zero-order valence-corrected chi connectivity index (χ0v) is 21.9. The number of nitrogens with zero attached hydrogens (tertiary/aromatic N) is 3. The largest absolute Gasteiger partial charge is 0.456 e. The highest BCUT2D eigenvalue weighted by Crippen LogP contribution is 2.40. The second kappa shape index (κ2) is 9.01. The average Bonchev–Trinajstić information content (AvgIpc) is 3.38. The number of rotatable bonds is 3. The molecule has 0 radical (unpaired) electrons. The van der Waals surface area contributed by atoms with E-state index in [1.54, 1.807) is 0 Å². The molecule has 8 aromatic rings. The first kappa shape index (κ1) is 22.9. The van der Waals surface area contributed by atoms with E-state index in [1.165, 1.54) is 5.39 Å². The molecule has 2 heterocycles. The van der Waals surface area contributed by atoms with Crippen molar-refractivity contribution < 1.29 is 4.42 Å². The smallest absolute Gasteiger partial charge is 0.164 e. The molecule has 0 aliphatic heterocycles. The van der Waals surface area contributed by atoms with E-state index < -0.39 is 0 Å². The van der Waals surface area contributed by atoms with Crippen LogP contribution in [0.25, 0.3) is 77.6 Å². The number of benzene rings is 6. The van der Waals surface area contributed by atoms with E-state index in [0.717, 1.165) is 54.8 Å². The van der Waals surface area contributed by atoms with Crippen molar-refractivity contribution in [3.05, 3.63) is 126 Å². The van der Waals surface area contributed by atoms with Gasteiger partial charge in [0.25, 0.3) is 0 Å². The summed E-state index contributed by atoms with van der Waals surface area (Å²) in [6, 6.07) is 40.8. The molecular formula is C35H20ClN3O. The van der Waals surface area contributed by atoms with Crippen LogP contribution in [0, 0.1) is 0 Å². The number of halogens is 1. The van der Waals surface area contributed by atoms with Gasteiger partial charge in [-0.3, -0.25) is 0 Å². The second-order valence-corrected chi connectivity index (χ2v) is 10.3. The van der Waals surface area contributed by atoms with Crippen LogP contribution in [0.3, 0.4) is 0 Å². The van der Waals surface area contributed by atoms with Crippen molar-refractivity contribution in [1.29, 1.82) is 0 Å². The zero-order chi connectivity index (χ0) is 26.6. The summed E-state index contributed by atoms with van der Waals surface area (Å²) in [4.78, 5) is 15.0. The third-order valence-corrected chi connectivity index (χ3v) is 7.59. The van der Waals surface area contributed by atoms with Gasteiger partial charge in [0.05, 0.1) is 0 Å². The van der Waals surface area contributed by atoms with Gasteiger partial charge < -0.3 is 4.42 Å². The van der Waals surface area contributed by atoms with Gasteiger partial charge in [0, 0.05) is 38.6 Å². The first-order valence-electron chi connectivity index (χ1n) is 13.1. The monoisotopic (exact) mass is 533 g/mol. The van der Waals surface area contributed by atoms with E-state index in [1.807, 2.05) is 78.9 Å². The van der Waals surface area contributed by atoms with Crippen LogP contribution in [0.2, 0.25) is 5.02 Å². The van der Waals surface area contributed by atoms with Crippen LogP contribution in [-0.2, 0) is 0 Å². The van der Waals surface area contributed by atoms with Crippen LogP contribution < -0.4 is 0 Å². The summed E-state index contributed by atoms with van der Waals surface area (Å²) in [6.45, 7) is 0. The molecule has 5 heteroatoms. The quantitative estimate of drug-likeness (QED) is 0.227. The van der Waals surface area contributed by atoms with Gasteiger partial charge in [0.15, 0.2) is 17.5 Å². The van der Waals surface area contributed by atoms with Gasteiger partial charge >= 0.3 is 0 Å². The Balaban J connectivity index is 1.43. The lowest BCUT2D eigenvalue weighted by Crippen LogP contribution is -2.00. The Morgan fingerprint density at radius 2 is 1.18 bits per heavy atom. The molecule has 0 atom stereocenters. The summed E-state index contributed by atoms with van der Waals surface area (Å²) in [5.41, 5.74) is 4.26. The molecule has 0 saturated heterocycles. The van der Waals surface area contributed by atoms with E-state index in [0.29, 0.717) is 22.5 Å². The maximum atomic E-state index is 6.33. The molecule has 0 spiro atoms. The predicted octanol–water partition coefficient (Wildman–Crippen LogP) is 9.73. The number of furan rings is 1. The third kappa shape index (κ3) is 3.73. The molecule has 40 heavy (non-hydrogen) atoms. The fourth-order valence-electron chi connectivity index (χ4n) is 5.47. The van der Waals surface area contributed by atoms with E-state index in [2.05, 4.69) is 42.5 Å². The Labute approximate surface area is 234 Å². The molecule has 0 unspecified atom stereocenters. The Kier molecular flexibility index (Phi) is 5.15. The molecule has 8 rings (SSSR count). The number of hydrogen-bond acceptors (Lipinski definition) is 4. The number of fused-ring (bicyclic) bond motifs is 6. The topological polar surface area (TPSA) is 51.8 Å². The van der Waals surface area contributed by atoms with Crippen LogP contribution in [0.1, 0.15) is 0 Å². The molecule has 2 aromatic heterocycles. The molecule has 4 nitrogen and oxygen atoms in total. The molecule has 6 aromatic carbocycles. The van der Waals surface area contributed by atoms with Crippen molar-refractivity contribution in [1.82, 2.24) is 15.0 Å². The molecule has 0 N–H and O–H groups in total. The lowest BCUT2D eigenvalue weighted by Gasteiger charge is -2.11. The van der Waals surface area contributed by atoms with Gasteiger partial charge in [-0.25, -0.2) is 15.0 Å². The van der Waals surface area contributed by atoms with Crippen LogP contribution in [-0.4, -0.2) is 15.0 Å². The average molecular weight is 534 g/mol. The maximum Gasteiger partial charge on any atom is 0.164 e. The molecule has 0 saturated carbocycles. The summed E-state index contributed by atoms with van der Waals surface area (Å²) in [6.07, 6.45) is 0. The Morgan fingerprint density at radius 1 is 0.475 bits per heavy atom. The normalized spacial score (nSPS) is 11.6. The SMILES string of the molecule is Clc1ccc2c(c1)oc1cc(-c3nc(-c4ccccc4)nc(-c4ccc5ccccc5c4)n3)c3ccccc3c12. The summed E-state index contributed by atoms with van der Waals surface area (Å²) >= 11 is 6.29. The Hall–Kier alpha value is -5.06. The molecule has 188 valence electrons. The summed E-state index contributed by atoms with van der Waals surface area (Å²) in [5.74, 6) is 1.83. The van der Waals surface area contributed by atoms with Gasteiger partial charge in [0.1, 0.15) is 11.2 Å².